The van der Waals surface area contributed by atoms with Gasteiger partial charge in [0.05, 0.1) is 24.0 Å². The average Bonchev–Trinajstić information content (AvgIpc) is 3.65. The van der Waals surface area contributed by atoms with E-state index in [-0.39, 0.29) is 27.7 Å². The van der Waals surface area contributed by atoms with E-state index in [4.69, 9.17) is 4.74 Å². The first-order chi connectivity index (χ1) is 18.4. The van der Waals surface area contributed by atoms with Gasteiger partial charge in [-0.1, -0.05) is 49.2 Å². The summed E-state index contributed by atoms with van der Waals surface area (Å²) in [7, 11) is -2.03. The highest BCUT2D eigenvalue weighted by molar-refractivity contribution is 7.89. The van der Waals surface area contributed by atoms with E-state index < -0.39 is 15.4 Å². The smallest absolute Gasteiger partial charge is 0.243 e. The van der Waals surface area contributed by atoms with Gasteiger partial charge in [0.2, 0.25) is 15.9 Å². The maximum Gasteiger partial charge on any atom is 0.243 e. The van der Waals surface area contributed by atoms with Crippen molar-refractivity contribution in [1.29, 1.82) is 0 Å². The molecule has 8 heteroatoms. The van der Waals surface area contributed by atoms with Gasteiger partial charge in [0.1, 0.15) is 5.75 Å². The normalized spacial score (nSPS) is 19.4. The van der Waals surface area contributed by atoms with E-state index in [1.54, 1.807) is 31.4 Å². The Morgan fingerprint density at radius 1 is 1.03 bits per heavy atom. The number of aliphatic hydroxyl groups excluding tert-OH is 1. The largest absolute Gasteiger partial charge is 0.497 e. The van der Waals surface area contributed by atoms with E-state index in [9.17, 15) is 18.3 Å². The van der Waals surface area contributed by atoms with E-state index >= 15 is 0 Å². The molecule has 1 aliphatic heterocycles. The molecule has 7 nitrogen and oxygen atoms in total. The first-order valence-electron chi connectivity index (χ1n) is 13.2. The molecule has 1 atom stereocenters. The quantitative estimate of drug-likeness (QED) is 0.382. The topological polar surface area (TPSA) is 95.9 Å². The molecular weight excluding hydrogens is 500 g/mol. The second kappa shape index (κ2) is 10.9. The van der Waals surface area contributed by atoms with E-state index in [1.807, 2.05) is 48.5 Å². The summed E-state index contributed by atoms with van der Waals surface area (Å²) in [5.74, 6) is 0.755. The van der Waals surface area contributed by atoms with Crippen molar-refractivity contribution in [2.45, 2.75) is 54.9 Å². The predicted octanol–water partition coefficient (Wildman–Crippen LogP) is 5.70. The molecule has 2 fully saturated rings. The fourth-order valence-corrected chi connectivity index (χ4v) is 7.51. The number of ether oxygens (including phenoxy) is 1. The third-order valence-corrected chi connectivity index (χ3v) is 9.95. The number of hydrogen-bond acceptors (Lipinski definition) is 5. The number of carbonyl (C=O) groups is 1. The summed E-state index contributed by atoms with van der Waals surface area (Å²) in [5.41, 5.74) is 2.87. The number of benzene rings is 3. The van der Waals surface area contributed by atoms with Crippen LogP contribution in [0, 0.1) is 0 Å². The summed E-state index contributed by atoms with van der Waals surface area (Å²) in [6.07, 6.45) is 5.03. The Balaban J connectivity index is 0.00000196. The minimum absolute atomic E-state index is 0. The zero-order valence-electron chi connectivity index (χ0n) is 21.6. The summed E-state index contributed by atoms with van der Waals surface area (Å²) < 4.78 is 32.9. The van der Waals surface area contributed by atoms with Gasteiger partial charge in [0.15, 0.2) is 0 Å². The number of anilines is 1. The lowest BCUT2D eigenvalue weighted by Crippen LogP contribution is -2.38. The fraction of sp³-hybridized carbons (Fsp3) is 0.367. The molecule has 0 aromatic heterocycles. The fourth-order valence-electron chi connectivity index (χ4n) is 5.83. The molecule has 2 N–H and O–H groups in total. The number of amides is 1. The van der Waals surface area contributed by atoms with Crippen LogP contribution in [0.15, 0.2) is 77.7 Å². The van der Waals surface area contributed by atoms with Gasteiger partial charge in [-0.3, -0.25) is 4.79 Å². The molecule has 1 saturated carbocycles. The SMILES string of the molecule is COc1ccc(C2(C(=O)Nc3cccc(-c4ccc(S(=O)(=O)N5CCC[C@@H]5CO)cc4)c3)CCCC2)cc1.[HH].[HH].[HH]. The molecule has 1 saturated heterocycles. The Morgan fingerprint density at radius 3 is 2.39 bits per heavy atom. The maximum atomic E-state index is 13.6. The summed E-state index contributed by atoms with van der Waals surface area (Å²) >= 11 is 0. The van der Waals surface area contributed by atoms with Crippen LogP contribution in [0.3, 0.4) is 0 Å². The number of rotatable bonds is 8. The van der Waals surface area contributed by atoms with Gasteiger partial charge in [0, 0.05) is 22.6 Å². The highest BCUT2D eigenvalue weighted by atomic mass is 32.2. The summed E-state index contributed by atoms with van der Waals surface area (Å²) in [4.78, 5) is 13.9. The van der Waals surface area contributed by atoms with Crippen LogP contribution in [0.2, 0.25) is 0 Å². The van der Waals surface area contributed by atoms with Crippen LogP contribution in [0.1, 0.15) is 48.4 Å². The van der Waals surface area contributed by atoms with Crippen LogP contribution in [-0.4, -0.2) is 50.0 Å². The van der Waals surface area contributed by atoms with Crippen LogP contribution in [0.25, 0.3) is 11.1 Å². The molecule has 2 aliphatic rings. The van der Waals surface area contributed by atoms with Crippen LogP contribution in [0.5, 0.6) is 5.75 Å². The molecule has 1 amide bonds. The minimum Gasteiger partial charge on any atom is -0.497 e. The standard InChI is InChI=1S/C30H34N2O5S.3H2/c1-37-27-13-11-24(12-14-27)30(17-2-3-18-30)29(34)31-25-7-4-6-23(20-25)22-9-15-28(16-10-22)38(35,36)32-19-5-8-26(32)21-33;;;/h4,6-7,9-16,20,26,33H,2-3,5,8,17-19,21H2,1H3,(H,31,34);3*1H/t26-;;;/m1.../s1. The van der Waals surface area contributed by atoms with E-state index in [2.05, 4.69) is 5.32 Å². The van der Waals surface area contributed by atoms with Gasteiger partial charge in [-0.05, 0) is 78.8 Å². The van der Waals surface area contributed by atoms with Crippen LogP contribution in [-0.2, 0) is 20.2 Å². The number of methoxy groups -OCH3 is 1. The number of nitrogens with zero attached hydrogens (tertiary/aromatic N) is 1. The Bertz CT molecular complexity index is 1400. The summed E-state index contributed by atoms with van der Waals surface area (Å²) in [6, 6.07) is 21.8. The molecule has 0 bridgehead atoms. The molecular formula is C30H40N2O5S. The van der Waals surface area contributed by atoms with Gasteiger partial charge in [-0.15, -0.1) is 0 Å². The molecule has 1 heterocycles. The molecule has 3 aromatic rings. The molecule has 0 unspecified atom stereocenters. The third kappa shape index (κ3) is 4.96. The molecule has 1 aliphatic carbocycles. The molecule has 206 valence electrons. The minimum atomic E-state index is -3.66. The number of nitrogens with one attached hydrogen (secondary N) is 1. The van der Waals surface area contributed by atoms with Gasteiger partial charge >= 0.3 is 0 Å². The van der Waals surface area contributed by atoms with E-state index in [0.29, 0.717) is 18.7 Å². The first-order valence-corrected chi connectivity index (χ1v) is 14.6. The van der Waals surface area contributed by atoms with Crippen molar-refractivity contribution in [2.24, 2.45) is 0 Å². The average molecular weight is 541 g/mol. The Morgan fingerprint density at radius 2 is 1.74 bits per heavy atom. The monoisotopic (exact) mass is 540 g/mol. The lowest BCUT2D eigenvalue weighted by atomic mass is 9.78. The van der Waals surface area contributed by atoms with Crippen molar-refractivity contribution < 1.29 is 27.3 Å². The lowest BCUT2D eigenvalue weighted by molar-refractivity contribution is -0.121. The van der Waals surface area contributed by atoms with Crippen molar-refractivity contribution in [3.05, 3.63) is 78.4 Å². The highest BCUT2D eigenvalue weighted by Gasteiger charge is 2.42. The molecule has 3 aromatic carbocycles. The highest BCUT2D eigenvalue weighted by Crippen LogP contribution is 2.42. The van der Waals surface area contributed by atoms with Crippen LogP contribution >= 0.6 is 0 Å². The van der Waals surface area contributed by atoms with E-state index in [1.165, 1.54) is 4.31 Å². The van der Waals surface area contributed by atoms with Crippen LogP contribution < -0.4 is 10.1 Å². The number of sulfonamides is 1. The van der Waals surface area contributed by atoms with Crippen LogP contribution in [0.4, 0.5) is 5.69 Å². The molecule has 0 radical (unpaired) electrons. The van der Waals surface area contributed by atoms with Gasteiger partial charge in [-0.2, -0.15) is 4.31 Å². The maximum absolute atomic E-state index is 13.6. The Labute approximate surface area is 229 Å². The summed E-state index contributed by atoms with van der Waals surface area (Å²) in [6.45, 7) is 0.255. The van der Waals surface area contributed by atoms with Crippen molar-refractivity contribution in [3.63, 3.8) is 0 Å². The van der Waals surface area contributed by atoms with Crippen molar-refractivity contribution in [2.75, 3.05) is 25.6 Å². The lowest BCUT2D eigenvalue weighted by Gasteiger charge is -2.28. The summed E-state index contributed by atoms with van der Waals surface area (Å²) in [5, 5.41) is 12.7. The van der Waals surface area contributed by atoms with Gasteiger partial charge in [0.25, 0.3) is 0 Å². The number of aliphatic hydroxyl groups is 1. The molecule has 5 rings (SSSR count). The zero-order valence-corrected chi connectivity index (χ0v) is 22.4. The zero-order chi connectivity index (χ0) is 26.8. The Kier molecular flexibility index (Phi) is 7.56. The van der Waals surface area contributed by atoms with Gasteiger partial charge in [-0.25, -0.2) is 8.42 Å². The van der Waals surface area contributed by atoms with Crippen molar-refractivity contribution in [1.82, 2.24) is 4.31 Å². The first kappa shape index (κ1) is 26.4. The van der Waals surface area contributed by atoms with Gasteiger partial charge < -0.3 is 15.2 Å². The predicted molar refractivity (Wildman–Crippen MR) is 154 cm³/mol. The number of hydrogen-bond donors (Lipinski definition) is 2. The second-order valence-electron chi connectivity index (χ2n) is 10.2. The second-order valence-corrected chi connectivity index (χ2v) is 12.1. The molecule has 0 spiro atoms. The number of carbonyl (C=O) groups excluding carboxylic acids is 1. The van der Waals surface area contributed by atoms with Crippen molar-refractivity contribution in [3.8, 4) is 16.9 Å². The third-order valence-electron chi connectivity index (χ3n) is 7.98. The Hall–Kier alpha value is -3.20. The molecule has 38 heavy (non-hydrogen) atoms. The van der Waals surface area contributed by atoms with E-state index in [0.717, 1.165) is 54.5 Å². The van der Waals surface area contributed by atoms with Crippen molar-refractivity contribution >= 4 is 21.6 Å².